The van der Waals surface area contributed by atoms with Crippen molar-refractivity contribution in [3.05, 3.63) is 0 Å². The van der Waals surface area contributed by atoms with Crippen molar-refractivity contribution < 1.29 is 43.2 Å². The molecule has 0 aromatic heterocycles. The van der Waals surface area contributed by atoms with Crippen molar-refractivity contribution in [1.29, 1.82) is 0 Å². The minimum Gasteiger partial charge on any atom is -0.465 e. The van der Waals surface area contributed by atoms with Crippen molar-refractivity contribution in [2.45, 2.75) is 150 Å². The molecule has 0 spiro atoms. The largest absolute Gasteiger partial charge is 0.465 e. The smallest absolute Gasteiger partial charge is 0.312 e. The van der Waals surface area contributed by atoms with Gasteiger partial charge in [-0.3, -0.25) is 19.2 Å². The summed E-state index contributed by atoms with van der Waals surface area (Å²) in [7, 11) is 0. The maximum atomic E-state index is 14.8. The van der Waals surface area contributed by atoms with Gasteiger partial charge in [-0.1, -0.05) is 6.92 Å². The number of hydrogen-bond acceptors (Lipinski definition) is 9. The molecule has 0 aromatic rings. The molecular weight excluding hydrogens is 612 g/mol. The standard InChI is InChI=1S/C39H60O9/c1-10-37(7,33(43)47-35(2,3)4)20-38(8,34(44)48-39(9)23-14-21-13-22(16-23)17-24(39)15-21)19-36(5,6)32(42)46-30-26-12-11-25(29(30)40)27-18-45-31(41)28(26)27/h21-30,40H,10-20H2,1-9H3. The summed E-state index contributed by atoms with van der Waals surface area (Å²) in [4.78, 5) is 55.3. The van der Waals surface area contributed by atoms with Crippen molar-refractivity contribution >= 4 is 23.9 Å². The molecule has 8 unspecified atom stereocenters. The van der Waals surface area contributed by atoms with Crippen LogP contribution in [0.3, 0.4) is 0 Å². The van der Waals surface area contributed by atoms with Gasteiger partial charge in [-0.05, 0) is 149 Å². The Bertz CT molecular complexity index is 1280. The van der Waals surface area contributed by atoms with Crippen LogP contribution in [0.25, 0.3) is 0 Å². The van der Waals surface area contributed by atoms with E-state index in [0.717, 1.165) is 32.1 Å². The highest BCUT2D eigenvalue weighted by Crippen LogP contribution is 2.60. The second-order valence-electron chi connectivity index (χ2n) is 19.2. The molecule has 8 atom stereocenters. The van der Waals surface area contributed by atoms with Crippen LogP contribution in [0.5, 0.6) is 0 Å². The predicted octanol–water partition coefficient (Wildman–Crippen LogP) is 6.42. The second-order valence-corrected chi connectivity index (χ2v) is 19.2. The normalized spacial score (nSPS) is 40.8. The third kappa shape index (κ3) is 6.10. The van der Waals surface area contributed by atoms with Crippen molar-refractivity contribution in [2.24, 2.45) is 63.6 Å². The minimum atomic E-state index is -1.23. The molecule has 1 aliphatic heterocycles. The molecule has 0 amide bonds. The lowest BCUT2D eigenvalue weighted by atomic mass is 9.50. The minimum absolute atomic E-state index is 0.0432. The van der Waals surface area contributed by atoms with Crippen LogP contribution in [-0.4, -0.2) is 59.0 Å². The third-order valence-corrected chi connectivity index (χ3v) is 13.8. The number of cyclic esters (lactones) is 1. The van der Waals surface area contributed by atoms with E-state index in [1.54, 1.807) is 13.8 Å². The fraction of sp³-hybridized carbons (Fsp3) is 0.897. The lowest BCUT2D eigenvalue weighted by Crippen LogP contribution is -2.60. The van der Waals surface area contributed by atoms with Crippen LogP contribution >= 0.6 is 0 Å². The fourth-order valence-electron chi connectivity index (χ4n) is 11.4. The number of carbonyl (C=O) groups excluding carboxylic acids is 4. The molecule has 8 aliphatic rings. The molecule has 6 bridgehead atoms. The zero-order valence-electron chi connectivity index (χ0n) is 30.8. The van der Waals surface area contributed by atoms with Crippen molar-refractivity contribution in [3.63, 3.8) is 0 Å². The van der Waals surface area contributed by atoms with Gasteiger partial charge < -0.3 is 24.1 Å². The van der Waals surface area contributed by atoms with Crippen LogP contribution in [0.4, 0.5) is 0 Å². The SMILES string of the molecule is CCC(C)(CC(C)(CC(C)(C)C(=O)OC1C(O)C2CCC1C1C(=O)OCC21)C(=O)OC1(C)C2CC3CC(C2)CC1C3)C(=O)OC(C)(C)C. The highest BCUT2D eigenvalue weighted by molar-refractivity contribution is 5.83. The van der Waals surface area contributed by atoms with Gasteiger partial charge in [0.25, 0.3) is 0 Å². The summed E-state index contributed by atoms with van der Waals surface area (Å²) in [6.07, 6.45) is 6.05. The lowest BCUT2D eigenvalue weighted by molar-refractivity contribution is -0.216. The molecular formula is C39H60O9. The summed E-state index contributed by atoms with van der Waals surface area (Å²) < 4.78 is 24.1. The molecule has 8 fully saturated rings. The van der Waals surface area contributed by atoms with Crippen LogP contribution < -0.4 is 0 Å². The Hall–Kier alpha value is -2.16. The first-order chi connectivity index (χ1) is 22.2. The van der Waals surface area contributed by atoms with E-state index in [1.807, 2.05) is 41.5 Å². The number of hydrogen-bond donors (Lipinski definition) is 1. The van der Waals surface area contributed by atoms with E-state index in [0.29, 0.717) is 43.1 Å². The monoisotopic (exact) mass is 672 g/mol. The molecule has 1 N–H and O–H groups in total. The quantitative estimate of drug-likeness (QED) is 0.207. The van der Waals surface area contributed by atoms with Gasteiger partial charge in [0, 0.05) is 11.8 Å². The summed E-state index contributed by atoms with van der Waals surface area (Å²) in [5.74, 6) is -0.367. The first kappa shape index (κ1) is 35.7. The van der Waals surface area contributed by atoms with Crippen LogP contribution in [0.1, 0.15) is 127 Å². The highest BCUT2D eigenvalue weighted by atomic mass is 16.6. The summed E-state index contributed by atoms with van der Waals surface area (Å²) in [5.41, 5.74) is -4.70. The van der Waals surface area contributed by atoms with Crippen LogP contribution in [-0.2, 0) is 38.1 Å². The summed E-state index contributed by atoms with van der Waals surface area (Å²) in [6.45, 7) is 17.1. The number of aliphatic hydroxyl groups is 1. The number of ether oxygens (including phenoxy) is 4. The molecule has 8 rings (SSSR count). The van der Waals surface area contributed by atoms with Crippen molar-refractivity contribution in [1.82, 2.24) is 0 Å². The number of esters is 4. The first-order valence-corrected chi connectivity index (χ1v) is 18.7. The summed E-state index contributed by atoms with van der Waals surface area (Å²) >= 11 is 0. The molecule has 270 valence electrons. The maximum Gasteiger partial charge on any atom is 0.312 e. The Balaban J connectivity index is 1.26. The Labute approximate surface area is 286 Å². The zero-order valence-corrected chi connectivity index (χ0v) is 30.8. The van der Waals surface area contributed by atoms with Gasteiger partial charge in [0.2, 0.25) is 0 Å². The van der Waals surface area contributed by atoms with Gasteiger partial charge in [-0.15, -0.1) is 0 Å². The fourth-order valence-corrected chi connectivity index (χ4v) is 11.4. The van der Waals surface area contributed by atoms with E-state index in [-0.39, 0.29) is 54.4 Å². The molecule has 9 nitrogen and oxygen atoms in total. The summed E-state index contributed by atoms with van der Waals surface area (Å²) in [6, 6.07) is 0. The molecule has 7 saturated carbocycles. The van der Waals surface area contributed by atoms with Crippen LogP contribution in [0, 0.1) is 63.6 Å². The molecule has 9 heteroatoms. The van der Waals surface area contributed by atoms with E-state index in [4.69, 9.17) is 18.9 Å². The van der Waals surface area contributed by atoms with E-state index in [2.05, 4.69) is 6.92 Å². The topological polar surface area (TPSA) is 125 Å². The van der Waals surface area contributed by atoms with E-state index in [1.165, 1.54) is 6.42 Å². The highest BCUT2D eigenvalue weighted by Gasteiger charge is 2.62. The van der Waals surface area contributed by atoms with Gasteiger partial charge >= 0.3 is 23.9 Å². The van der Waals surface area contributed by atoms with Gasteiger partial charge in [-0.2, -0.15) is 0 Å². The van der Waals surface area contributed by atoms with Gasteiger partial charge in [-0.25, -0.2) is 0 Å². The van der Waals surface area contributed by atoms with Gasteiger partial charge in [0.05, 0.1) is 34.9 Å². The van der Waals surface area contributed by atoms with E-state index >= 15 is 0 Å². The first-order valence-electron chi connectivity index (χ1n) is 18.7. The average molecular weight is 673 g/mol. The zero-order chi connectivity index (χ0) is 35.2. The number of carbonyl (C=O) groups is 4. The van der Waals surface area contributed by atoms with E-state index in [9.17, 15) is 24.3 Å². The Kier molecular flexibility index (Phi) is 8.89. The molecule has 0 radical (unpaired) electrons. The number of aliphatic hydroxyl groups excluding tert-OH is 1. The number of rotatable bonds is 10. The molecule has 48 heavy (non-hydrogen) atoms. The molecule has 1 heterocycles. The number of fused-ring (bicyclic) bond motifs is 2. The van der Waals surface area contributed by atoms with Crippen LogP contribution in [0.15, 0.2) is 0 Å². The van der Waals surface area contributed by atoms with Crippen molar-refractivity contribution in [3.8, 4) is 0 Å². The molecule has 1 saturated heterocycles. The van der Waals surface area contributed by atoms with Crippen molar-refractivity contribution in [2.75, 3.05) is 6.61 Å². The lowest BCUT2D eigenvalue weighted by Gasteiger charge is -2.59. The Morgan fingerprint density at radius 1 is 0.812 bits per heavy atom. The third-order valence-electron chi connectivity index (χ3n) is 13.8. The molecule has 7 aliphatic carbocycles. The van der Waals surface area contributed by atoms with Crippen LogP contribution in [0.2, 0.25) is 0 Å². The molecule has 0 aromatic carbocycles. The van der Waals surface area contributed by atoms with Gasteiger partial charge in [0.1, 0.15) is 17.3 Å². The predicted molar refractivity (Wildman–Crippen MR) is 177 cm³/mol. The van der Waals surface area contributed by atoms with Gasteiger partial charge in [0.15, 0.2) is 0 Å². The summed E-state index contributed by atoms with van der Waals surface area (Å²) in [5, 5.41) is 11.3. The second kappa shape index (κ2) is 12.0. The Morgan fingerprint density at radius 2 is 1.40 bits per heavy atom. The maximum absolute atomic E-state index is 14.8. The van der Waals surface area contributed by atoms with E-state index < -0.39 is 45.6 Å². The Morgan fingerprint density at radius 3 is 1.96 bits per heavy atom. The average Bonchev–Trinajstić information content (AvgIpc) is 3.38.